The Balaban J connectivity index is 2.23. The van der Waals surface area contributed by atoms with E-state index in [1.807, 2.05) is 12.1 Å². The standard InChI is InChI=1S/C31H41NO3/c1-9-26(24-18-28(34-7)31(33)29(19-24)35-8)30(27-17-12-20(4)21(5)22(27)6)23-13-15-25(16-14-23)32(10-2)11-3/h12-19,26,30,33H,9-11H2,1-8H3. The topological polar surface area (TPSA) is 41.9 Å². The number of phenolic OH excluding ortho intramolecular Hbond substituents is 1. The van der Waals surface area contributed by atoms with Crippen molar-refractivity contribution in [3.63, 3.8) is 0 Å². The lowest BCUT2D eigenvalue weighted by Crippen LogP contribution is -2.22. The highest BCUT2D eigenvalue weighted by Crippen LogP contribution is 2.47. The SMILES string of the molecule is CCC(c1cc(OC)c(O)c(OC)c1)C(c1ccc(N(CC)CC)cc1)c1ccc(C)c(C)c1C. The molecule has 2 unspecified atom stereocenters. The van der Waals surface area contributed by atoms with Gasteiger partial charge in [-0.05, 0) is 105 Å². The summed E-state index contributed by atoms with van der Waals surface area (Å²) in [6.07, 6.45) is 0.923. The number of methoxy groups -OCH3 is 2. The van der Waals surface area contributed by atoms with Gasteiger partial charge in [0, 0.05) is 24.7 Å². The van der Waals surface area contributed by atoms with Crippen LogP contribution >= 0.6 is 0 Å². The molecule has 0 radical (unpaired) electrons. The minimum absolute atomic E-state index is 0.0380. The van der Waals surface area contributed by atoms with E-state index in [2.05, 4.69) is 82.8 Å². The van der Waals surface area contributed by atoms with Gasteiger partial charge in [0.25, 0.3) is 0 Å². The molecule has 2 atom stereocenters. The maximum absolute atomic E-state index is 10.5. The fraction of sp³-hybridized carbons (Fsp3) is 0.419. The van der Waals surface area contributed by atoms with Gasteiger partial charge >= 0.3 is 0 Å². The van der Waals surface area contributed by atoms with Crippen LogP contribution in [0, 0.1) is 20.8 Å². The second-order valence-corrected chi connectivity index (χ2v) is 9.25. The summed E-state index contributed by atoms with van der Waals surface area (Å²) in [5, 5.41) is 10.5. The highest BCUT2D eigenvalue weighted by Gasteiger charge is 2.29. The molecule has 0 aliphatic carbocycles. The van der Waals surface area contributed by atoms with E-state index in [4.69, 9.17) is 9.47 Å². The van der Waals surface area contributed by atoms with Crippen molar-refractivity contribution in [2.24, 2.45) is 0 Å². The molecule has 0 saturated carbocycles. The van der Waals surface area contributed by atoms with E-state index in [1.54, 1.807) is 14.2 Å². The maximum atomic E-state index is 10.5. The summed E-state index contributed by atoms with van der Waals surface area (Å²) in [6, 6.07) is 17.5. The zero-order valence-corrected chi connectivity index (χ0v) is 22.6. The second kappa shape index (κ2) is 11.5. The number of hydrogen-bond acceptors (Lipinski definition) is 4. The van der Waals surface area contributed by atoms with E-state index >= 15 is 0 Å². The second-order valence-electron chi connectivity index (χ2n) is 9.25. The highest BCUT2D eigenvalue weighted by atomic mass is 16.5. The van der Waals surface area contributed by atoms with Crippen LogP contribution in [0.3, 0.4) is 0 Å². The lowest BCUT2D eigenvalue weighted by Gasteiger charge is -2.31. The number of nitrogens with zero attached hydrogens (tertiary/aromatic N) is 1. The first-order chi connectivity index (χ1) is 16.8. The van der Waals surface area contributed by atoms with Crippen molar-refractivity contribution in [3.05, 3.63) is 81.9 Å². The van der Waals surface area contributed by atoms with Gasteiger partial charge in [-0.3, -0.25) is 0 Å². The summed E-state index contributed by atoms with van der Waals surface area (Å²) in [5.41, 5.74) is 8.93. The first-order valence-corrected chi connectivity index (χ1v) is 12.7. The van der Waals surface area contributed by atoms with Gasteiger partial charge in [-0.15, -0.1) is 0 Å². The zero-order valence-electron chi connectivity index (χ0n) is 22.6. The van der Waals surface area contributed by atoms with Crippen LogP contribution in [0.25, 0.3) is 0 Å². The van der Waals surface area contributed by atoms with E-state index in [0.29, 0.717) is 11.5 Å². The lowest BCUT2D eigenvalue weighted by atomic mass is 9.73. The molecular formula is C31H41NO3. The molecule has 0 bridgehead atoms. The van der Waals surface area contributed by atoms with Crippen LogP contribution in [0.2, 0.25) is 0 Å². The Labute approximate surface area is 211 Å². The Bertz CT molecular complexity index is 1110. The summed E-state index contributed by atoms with van der Waals surface area (Å²) >= 11 is 0. The van der Waals surface area contributed by atoms with Gasteiger partial charge in [0.05, 0.1) is 14.2 Å². The third kappa shape index (κ3) is 5.27. The average Bonchev–Trinajstić information content (AvgIpc) is 2.88. The molecule has 35 heavy (non-hydrogen) atoms. The summed E-state index contributed by atoms with van der Waals surface area (Å²) < 4.78 is 11.0. The monoisotopic (exact) mass is 475 g/mol. The van der Waals surface area contributed by atoms with E-state index in [0.717, 1.165) is 25.1 Å². The maximum Gasteiger partial charge on any atom is 0.200 e. The molecule has 0 amide bonds. The lowest BCUT2D eigenvalue weighted by molar-refractivity contribution is 0.338. The van der Waals surface area contributed by atoms with Crippen molar-refractivity contribution in [1.82, 2.24) is 0 Å². The first-order valence-electron chi connectivity index (χ1n) is 12.7. The molecule has 0 saturated heterocycles. The van der Waals surface area contributed by atoms with Crippen molar-refractivity contribution in [3.8, 4) is 17.2 Å². The number of rotatable bonds is 10. The molecule has 0 aromatic heterocycles. The fourth-order valence-corrected chi connectivity index (χ4v) is 5.22. The quantitative estimate of drug-likeness (QED) is 0.329. The molecule has 4 nitrogen and oxygen atoms in total. The Morgan fingerprint density at radius 1 is 0.771 bits per heavy atom. The van der Waals surface area contributed by atoms with Crippen molar-refractivity contribution in [2.45, 2.75) is 59.8 Å². The van der Waals surface area contributed by atoms with Crippen LogP contribution in [0.1, 0.15) is 72.4 Å². The number of hydrogen-bond donors (Lipinski definition) is 1. The summed E-state index contributed by atoms with van der Waals surface area (Å²) in [5.74, 6) is 1.22. The number of aryl methyl sites for hydroxylation is 1. The van der Waals surface area contributed by atoms with Crippen LogP contribution < -0.4 is 14.4 Å². The molecule has 3 rings (SSSR count). The van der Waals surface area contributed by atoms with Crippen molar-refractivity contribution in [1.29, 1.82) is 0 Å². The molecule has 0 fully saturated rings. The largest absolute Gasteiger partial charge is 0.502 e. The van der Waals surface area contributed by atoms with Crippen molar-refractivity contribution in [2.75, 3.05) is 32.2 Å². The number of phenols is 1. The molecule has 0 aliphatic rings. The minimum Gasteiger partial charge on any atom is -0.502 e. The summed E-state index contributed by atoms with van der Waals surface area (Å²) in [7, 11) is 3.16. The van der Waals surface area contributed by atoms with E-state index in [1.165, 1.54) is 33.5 Å². The predicted molar refractivity (Wildman–Crippen MR) is 147 cm³/mol. The average molecular weight is 476 g/mol. The molecule has 188 valence electrons. The number of ether oxygens (including phenoxy) is 2. The first kappa shape index (κ1) is 26.5. The molecular weight excluding hydrogens is 434 g/mol. The number of anilines is 1. The van der Waals surface area contributed by atoms with Crippen molar-refractivity contribution >= 4 is 5.69 Å². The van der Waals surface area contributed by atoms with Crippen molar-refractivity contribution < 1.29 is 14.6 Å². The normalized spacial score (nSPS) is 12.8. The molecule has 0 aliphatic heterocycles. The van der Waals surface area contributed by atoms with Gasteiger partial charge < -0.3 is 19.5 Å². The zero-order chi connectivity index (χ0) is 25.7. The van der Waals surface area contributed by atoms with Crippen LogP contribution in [0.5, 0.6) is 17.2 Å². The summed E-state index contributed by atoms with van der Waals surface area (Å²) in [6.45, 7) is 15.2. The molecule has 0 heterocycles. The van der Waals surface area contributed by atoms with Crippen LogP contribution in [-0.2, 0) is 0 Å². The van der Waals surface area contributed by atoms with Gasteiger partial charge in [0.2, 0.25) is 5.75 Å². The number of aromatic hydroxyl groups is 1. The molecule has 3 aromatic rings. The van der Waals surface area contributed by atoms with Gasteiger partial charge in [0.1, 0.15) is 0 Å². The highest BCUT2D eigenvalue weighted by molar-refractivity contribution is 5.56. The van der Waals surface area contributed by atoms with E-state index in [9.17, 15) is 5.11 Å². The van der Waals surface area contributed by atoms with Gasteiger partial charge in [0.15, 0.2) is 11.5 Å². The van der Waals surface area contributed by atoms with Crippen LogP contribution in [-0.4, -0.2) is 32.4 Å². The fourth-order valence-electron chi connectivity index (χ4n) is 5.22. The molecule has 4 heteroatoms. The number of benzene rings is 3. The van der Waals surface area contributed by atoms with Gasteiger partial charge in [-0.2, -0.15) is 0 Å². The third-order valence-corrected chi connectivity index (χ3v) is 7.59. The van der Waals surface area contributed by atoms with Crippen LogP contribution in [0.4, 0.5) is 5.69 Å². The minimum atomic E-state index is 0.0380. The smallest absolute Gasteiger partial charge is 0.200 e. The van der Waals surface area contributed by atoms with E-state index in [-0.39, 0.29) is 17.6 Å². The molecule has 1 N–H and O–H groups in total. The Hall–Kier alpha value is -3.14. The Morgan fingerprint density at radius 2 is 1.34 bits per heavy atom. The van der Waals surface area contributed by atoms with Gasteiger partial charge in [-0.1, -0.05) is 31.2 Å². The third-order valence-electron chi connectivity index (χ3n) is 7.59. The Morgan fingerprint density at radius 3 is 1.83 bits per heavy atom. The van der Waals surface area contributed by atoms with Crippen LogP contribution in [0.15, 0.2) is 48.5 Å². The Kier molecular flexibility index (Phi) is 8.71. The van der Waals surface area contributed by atoms with E-state index < -0.39 is 0 Å². The predicted octanol–water partition coefficient (Wildman–Crippen LogP) is 7.51. The molecule has 3 aromatic carbocycles. The molecule has 0 spiro atoms. The van der Waals surface area contributed by atoms with Gasteiger partial charge in [-0.25, -0.2) is 0 Å². The summed E-state index contributed by atoms with van der Waals surface area (Å²) in [4.78, 5) is 2.37.